The molecule has 1 aromatic heterocycles. The molecule has 164 valence electrons. The lowest BCUT2D eigenvalue weighted by Crippen LogP contribution is -2.52. The van der Waals surface area contributed by atoms with Crippen molar-refractivity contribution in [1.29, 1.82) is 0 Å². The Morgan fingerprint density at radius 2 is 1.94 bits per heavy atom. The van der Waals surface area contributed by atoms with E-state index in [-0.39, 0.29) is 24.0 Å². The van der Waals surface area contributed by atoms with Crippen molar-refractivity contribution in [3.8, 4) is 17.1 Å². The highest BCUT2D eigenvalue weighted by molar-refractivity contribution is 14.0. The van der Waals surface area contributed by atoms with E-state index < -0.39 is 0 Å². The van der Waals surface area contributed by atoms with Crippen LogP contribution in [0.3, 0.4) is 0 Å². The number of phenolic OH excluding ortho intramolecular Hbond substituents is 1. The van der Waals surface area contributed by atoms with Crippen molar-refractivity contribution in [1.82, 2.24) is 25.4 Å². The number of benzene rings is 2. The van der Waals surface area contributed by atoms with Crippen molar-refractivity contribution in [3.05, 3.63) is 60.4 Å². The van der Waals surface area contributed by atoms with Crippen LogP contribution in [-0.4, -0.2) is 63.9 Å². The maximum absolute atomic E-state index is 10.1. The molecule has 0 radical (unpaired) electrons. The Bertz CT molecular complexity index is 985. The fourth-order valence-corrected chi connectivity index (χ4v) is 3.64. The summed E-state index contributed by atoms with van der Waals surface area (Å²) in [4.78, 5) is 13.6. The molecular formula is C22H28IN7O. The number of phenols is 1. The topological polar surface area (TPSA) is 92.7 Å². The van der Waals surface area contributed by atoms with Gasteiger partial charge in [0.25, 0.3) is 0 Å². The van der Waals surface area contributed by atoms with Gasteiger partial charge in [0.05, 0.1) is 12.2 Å². The summed E-state index contributed by atoms with van der Waals surface area (Å²) in [5.74, 6) is 2.01. The largest absolute Gasteiger partial charge is 0.506 e. The monoisotopic (exact) mass is 533 g/mol. The van der Waals surface area contributed by atoms with E-state index in [0.29, 0.717) is 12.3 Å². The number of H-pyrrole nitrogens is 1. The van der Waals surface area contributed by atoms with E-state index in [4.69, 9.17) is 4.99 Å². The number of anilines is 1. The number of hydrogen-bond donors (Lipinski definition) is 3. The number of aliphatic imine (C=N–C) groups is 1. The fraction of sp³-hybridized carbons (Fsp3) is 0.318. The van der Waals surface area contributed by atoms with Gasteiger partial charge in [-0.3, -0.25) is 5.10 Å². The summed E-state index contributed by atoms with van der Waals surface area (Å²) >= 11 is 0. The van der Waals surface area contributed by atoms with Crippen molar-refractivity contribution >= 4 is 35.6 Å². The molecular weight excluding hydrogens is 505 g/mol. The number of nitrogens with one attached hydrogen (secondary N) is 2. The van der Waals surface area contributed by atoms with Crippen LogP contribution in [0.2, 0.25) is 0 Å². The summed E-state index contributed by atoms with van der Waals surface area (Å²) in [5.41, 5.74) is 3.01. The van der Waals surface area contributed by atoms with Crippen LogP contribution in [0.4, 0.5) is 5.69 Å². The Hall–Kier alpha value is -2.82. The summed E-state index contributed by atoms with van der Waals surface area (Å²) in [6, 6.07) is 15.7. The van der Waals surface area contributed by atoms with E-state index in [1.54, 1.807) is 6.07 Å². The highest BCUT2D eigenvalue weighted by Gasteiger charge is 2.21. The number of rotatable bonds is 5. The van der Waals surface area contributed by atoms with Crippen LogP contribution in [0.5, 0.6) is 5.75 Å². The van der Waals surface area contributed by atoms with Gasteiger partial charge in [-0.05, 0) is 30.7 Å². The van der Waals surface area contributed by atoms with Gasteiger partial charge in [0.2, 0.25) is 0 Å². The number of nitrogens with zero attached hydrogens (tertiary/aromatic N) is 5. The number of aromatic nitrogens is 3. The van der Waals surface area contributed by atoms with Gasteiger partial charge in [0.1, 0.15) is 12.1 Å². The summed E-state index contributed by atoms with van der Waals surface area (Å²) in [6.45, 7) is 6.85. The highest BCUT2D eigenvalue weighted by atomic mass is 127. The molecule has 0 bridgehead atoms. The summed E-state index contributed by atoms with van der Waals surface area (Å²) in [5, 5.41) is 20.4. The summed E-state index contributed by atoms with van der Waals surface area (Å²) < 4.78 is 0. The Balaban J connectivity index is 0.00000272. The predicted molar refractivity (Wildman–Crippen MR) is 134 cm³/mol. The van der Waals surface area contributed by atoms with E-state index in [9.17, 15) is 5.11 Å². The Morgan fingerprint density at radius 3 is 2.65 bits per heavy atom. The molecule has 0 amide bonds. The molecule has 3 aromatic rings. The van der Waals surface area contributed by atoms with Crippen molar-refractivity contribution < 1.29 is 5.11 Å². The molecule has 4 rings (SSSR count). The molecule has 9 heteroatoms. The lowest BCUT2D eigenvalue weighted by atomic mass is 10.1. The molecule has 1 aliphatic heterocycles. The van der Waals surface area contributed by atoms with Crippen LogP contribution in [0.1, 0.15) is 12.5 Å². The van der Waals surface area contributed by atoms with Gasteiger partial charge in [-0.25, -0.2) is 9.98 Å². The SMILES string of the molecule is CCNC(=NCc1cccc(-c2ncn[nH]2)c1)N1CCN(c2ccccc2O)CC1.I. The Morgan fingerprint density at radius 1 is 1.13 bits per heavy atom. The smallest absolute Gasteiger partial charge is 0.194 e. The zero-order chi connectivity index (χ0) is 20.8. The number of aromatic amines is 1. The summed E-state index contributed by atoms with van der Waals surface area (Å²) in [6.07, 6.45) is 1.51. The van der Waals surface area contributed by atoms with Crippen molar-refractivity contribution in [2.75, 3.05) is 37.6 Å². The van der Waals surface area contributed by atoms with Crippen LogP contribution < -0.4 is 10.2 Å². The van der Waals surface area contributed by atoms with Crippen LogP contribution in [-0.2, 0) is 6.54 Å². The molecule has 31 heavy (non-hydrogen) atoms. The first-order valence-corrected chi connectivity index (χ1v) is 10.3. The lowest BCUT2D eigenvalue weighted by molar-refractivity contribution is 0.369. The molecule has 1 fully saturated rings. The third-order valence-electron chi connectivity index (χ3n) is 5.16. The van der Waals surface area contributed by atoms with Crippen LogP contribution in [0.15, 0.2) is 59.9 Å². The van der Waals surface area contributed by atoms with Gasteiger partial charge >= 0.3 is 0 Å². The maximum Gasteiger partial charge on any atom is 0.194 e. The molecule has 0 aliphatic carbocycles. The number of para-hydroxylation sites is 2. The molecule has 2 aromatic carbocycles. The minimum atomic E-state index is 0. The predicted octanol–water partition coefficient (Wildman–Crippen LogP) is 3.08. The molecule has 0 saturated carbocycles. The third kappa shape index (κ3) is 5.66. The van der Waals surface area contributed by atoms with Gasteiger partial charge in [-0.15, -0.1) is 24.0 Å². The Labute approximate surface area is 199 Å². The number of hydrogen-bond acceptors (Lipinski definition) is 5. The van der Waals surface area contributed by atoms with Crippen molar-refractivity contribution in [2.24, 2.45) is 4.99 Å². The molecule has 8 nitrogen and oxygen atoms in total. The molecule has 1 aliphatic rings. The number of guanidine groups is 1. The van der Waals surface area contributed by atoms with E-state index in [2.05, 4.69) is 49.4 Å². The van der Waals surface area contributed by atoms with E-state index >= 15 is 0 Å². The van der Waals surface area contributed by atoms with Gasteiger partial charge < -0.3 is 20.2 Å². The minimum Gasteiger partial charge on any atom is -0.506 e. The normalized spacial score (nSPS) is 14.3. The maximum atomic E-state index is 10.1. The first-order chi connectivity index (χ1) is 14.7. The van der Waals surface area contributed by atoms with Gasteiger partial charge in [-0.1, -0.05) is 30.3 Å². The Kier molecular flexibility index (Phi) is 8.10. The zero-order valence-corrected chi connectivity index (χ0v) is 19.9. The lowest BCUT2D eigenvalue weighted by Gasteiger charge is -2.37. The van der Waals surface area contributed by atoms with Crippen LogP contribution in [0, 0.1) is 0 Å². The van der Waals surface area contributed by atoms with E-state index in [1.807, 2.05) is 30.3 Å². The minimum absolute atomic E-state index is 0. The number of halogens is 1. The first kappa shape index (κ1) is 22.9. The van der Waals surface area contributed by atoms with Gasteiger partial charge in [-0.2, -0.15) is 5.10 Å². The van der Waals surface area contributed by atoms with Gasteiger partial charge in [0, 0.05) is 38.3 Å². The van der Waals surface area contributed by atoms with Crippen molar-refractivity contribution in [2.45, 2.75) is 13.5 Å². The average molecular weight is 533 g/mol. The molecule has 0 unspecified atom stereocenters. The quantitative estimate of drug-likeness (QED) is 0.265. The second-order valence-corrected chi connectivity index (χ2v) is 7.17. The molecule has 0 atom stereocenters. The van der Waals surface area contributed by atoms with Crippen LogP contribution in [0.25, 0.3) is 11.4 Å². The number of aromatic hydroxyl groups is 1. The standard InChI is InChI=1S/C22H27N7O.HI/c1-2-23-22(24-15-17-6-5-7-18(14-17)21-25-16-26-27-21)29-12-10-28(11-13-29)19-8-3-4-9-20(19)30;/h3-9,14,16,30H,2,10-13,15H2,1H3,(H,23,24)(H,25,26,27);1H. The molecule has 2 heterocycles. The first-order valence-electron chi connectivity index (χ1n) is 10.3. The highest BCUT2D eigenvalue weighted by Crippen LogP contribution is 2.27. The van der Waals surface area contributed by atoms with Gasteiger partial charge in [0.15, 0.2) is 11.8 Å². The molecule has 3 N–H and O–H groups in total. The molecule has 0 spiro atoms. The zero-order valence-electron chi connectivity index (χ0n) is 17.5. The second kappa shape index (κ2) is 11.0. The second-order valence-electron chi connectivity index (χ2n) is 7.17. The van der Waals surface area contributed by atoms with Crippen molar-refractivity contribution in [3.63, 3.8) is 0 Å². The van der Waals surface area contributed by atoms with Crippen LogP contribution >= 0.6 is 24.0 Å². The fourth-order valence-electron chi connectivity index (χ4n) is 3.64. The summed E-state index contributed by atoms with van der Waals surface area (Å²) in [7, 11) is 0. The number of piperazine rings is 1. The van der Waals surface area contributed by atoms with E-state index in [0.717, 1.165) is 61.3 Å². The average Bonchev–Trinajstić information content (AvgIpc) is 3.33. The third-order valence-corrected chi connectivity index (χ3v) is 5.16. The molecule has 1 saturated heterocycles. The van der Waals surface area contributed by atoms with E-state index in [1.165, 1.54) is 6.33 Å².